The van der Waals surface area contributed by atoms with Gasteiger partial charge in [-0.15, -0.1) is 0 Å². The molecule has 1 aliphatic rings. The fourth-order valence-corrected chi connectivity index (χ4v) is 3.02. The van der Waals surface area contributed by atoms with Crippen molar-refractivity contribution in [3.63, 3.8) is 0 Å². The number of hydrogen-bond donors (Lipinski definition) is 1. The van der Waals surface area contributed by atoms with Crippen LogP contribution in [0.3, 0.4) is 0 Å². The van der Waals surface area contributed by atoms with Gasteiger partial charge in [0.25, 0.3) is 0 Å². The molecule has 0 radical (unpaired) electrons. The van der Waals surface area contributed by atoms with Crippen LogP contribution in [0.4, 0.5) is 9.18 Å². The molecule has 4 nitrogen and oxygen atoms in total. The molecule has 6 heteroatoms. The number of ether oxygens (including phenoxy) is 1. The number of benzene rings is 1. The first kappa shape index (κ1) is 18.0. The molecular weight excluding hydrogens is 319 g/mol. The van der Waals surface area contributed by atoms with Crippen molar-refractivity contribution in [1.29, 1.82) is 0 Å². The Morgan fingerprint density at radius 3 is 2.78 bits per heavy atom. The second-order valence-corrected chi connectivity index (χ2v) is 7.37. The van der Waals surface area contributed by atoms with E-state index >= 15 is 0 Å². The van der Waals surface area contributed by atoms with E-state index in [0.29, 0.717) is 18.1 Å². The van der Waals surface area contributed by atoms with Gasteiger partial charge in [-0.05, 0) is 51.8 Å². The number of amides is 1. The molecule has 23 heavy (non-hydrogen) atoms. The smallest absolute Gasteiger partial charge is 0.410 e. The van der Waals surface area contributed by atoms with Crippen LogP contribution >= 0.6 is 11.6 Å². The van der Waals surface area contributed by atoms with E-state index < -0.39 is 5.60 Å². The van der Waals surface area contributed by atoms with E-state index in [1.165, 1.54) is 12.1 Å². The first-order chi connectivity index (χ1) is 10.7. The SMILES string of the molecule is CC(NC1CCN(C(=O)OC(C)(C)C)C1)c1ccc(F)cc1Cl. The molecule has 0 aromatic heterocycles. The van der Waals surface area contributed by atoms with Crippen LogP contribution in [0.25, 0.3) is 0 Å². The van der Waals surface area contributed by atoms with Crippen molar-refractivity contribution in [3.05, 3.63) is 34.6 Å². The summed E-state index contributed by atoms with van der Waals surface area (Å²) in [6.45, 7) is 8.81. The van der Waals surface area contributed by atoms with Crippen LogP contribution in [-0.2, 0) is 4.74 Å². The molecule has 1 aromatic rings. The predicted octanol–water partition coefficient (Wildman–Crippen LogP) is 4.14. The molecule has 0 bridgehead atoms. The van der Waals surface area contributed by atoms with Crippen LogP contribution in [0, 0.1) is 5.82 Å². The Kier molecular flexibility index (Phi) is 5.53. The summed E-state index contributed by atoms with van der Waals surface area (Å²) in [5.41, 5.74) is 0.362. The van der Waals surface area contributed by atoms with Gasteiger partial charge in [0.1, 0.15) is 11.4 Å². The van der Waals surface area contributed by atoms with Gasteiger partial charge in [-0.3, -0.25) is 0 Å². The number of nitrogens with zero attached hydrogens (tertiary/aromatic N) is 1. The third-order valence-electron chi connectivity index (χ3n) is 3.75. The second-order valence-electron chi connectivity index (χ2n) is 6.97. The first-order valence-corrected chi connectivity index (χ1v) is 8.22. The average Bonchev–Trinajstić information content (AvgIpc) is 2.85. The molecule has 0 saturated carbocycles. The summed E-state index contributed by atoms with van der Waals surface area (Å²) in [5.74, 6) is -0.345. The number of halogens is 2. The van der Waals surface area contributed by atoms with Crippen molar-refractivity contribution >= 4 is 17.7 Å². The molecule has 2 rings (SSSR count). The van der Waals surface area contributed by atoms with E-state index in [2.05, 4.69) is 5.32 Å². The van der Waals surface area contributed by atoms with Crippen molar-refractivity contribution in [2.45, 2.75) is 51.8 Å². The number of carbonyl (C=O) groups excluding carboxylic acids is 1. The minimum Gasteiger partial charge on any atom is -0.444 e. The monoisotopic (exact) mass is 342 g/mol. The Bertz CT molecular complexity index is 574. The first-order valence-electron chi connectivity index (χ1n) is 7.84. The van der Waals surface area contributed by atoms with Gasteiger partial charge in [0, 0.05) is 30.2 Å². The van der Waals surface area contributed by atoms with Gasteiger partial charge in [0.2, 0.25) is 0 Å². The van der Waals surface area contributed by atoms with Crippen LogP contribution < -0.4 is 5.32 Å². The standard InChI is InChI=1S/C17H24ClFN2O2/c1-11(14-6-5-12(19)9-15(14)18)20-13-7-8-21(10-13)16(22)23-17(2,3)4/h5-6,9,11,13,20H,7-8,10H2,1-4H3. The maximum Gasteiger partial charge on any atom is 0.410 e. The normalized spacial score (nSPS) is 19.7. The molecule has 1 aromatic carbocycles. The average molecular weight is 343 g/mol. The number of carbonyl (C=O) groups is 1. The zero-order chi connectivity index (χ0) is 17.2. The lowest BCUT2D eigenvalue weighted by molar-refractivity contribution is 0.0290. The van der Waals surface area contributed by atoms with Gasteiger partial charge in [0.05, 0.1) is 0 Å². The highest BCUT2D eigenvalue weighted by atomic mass is 35.5. The summed E-state index contributed by atoms with van der Waals surface area (Å²) in [7, 11) is 0. The van der Waals surface area contributed by atoms with Crippen molar-refractivity contribution in [2.75, 3.05) is 13.1 Å². The molecule has 1 heterocycles. The summed E-state index contributed by atoms with van der Waals surface area (Å²) in [5, 5.41) is 3.86. The summed E-state index contributed by atoms with van der Waals surface area (Å²) in [6, 6.07) is 4.55. The number of rotatable bonds is 3. The number of hydrogen-bond acceptors (Lipinski definition) is 3. The second kappa shape index (κ2) is 7.05. The molecule has 1 amide bonds. The van der Waals surface area contributed by atoms with Gasteiger partial charge in [-0.1, -0.05) is 17.7 Å². The van der Waals surface area contributed by atoms with E-state index in [9.17, 15) is 9.18 Å². The van der Waals surface area contributed by atoms with Gasteiger partial charge < -0.3 is 15.0 Å². The molecule has 1 fully saturated rings. The fourth-order valence-electron chi connectivity index (χ4n) is 2.68. The Hall–Kier alpha value is -1.33. The minimum atomic E-state index is -0.489. The van der Waals surface area contributed by atoms with Crippen molar-refractivity contribution in [2.24, 2.45) is 0 Å². The quantitative estimate of drug-likeness (QED) is 0.897. The molecule has 1 N–H and O–H groups in total. The Balaban J connectivity index is 1.91. The molecule has 2 unspecified atom stereocenters. The molecule has 128 valence electrons. The summed E-state index contributed by atoms with van der Waals surface area (Å²) in [4.78, 5) is 13.8. The van der Waals surface area contributed by atoms with Gasteiger partial charge >= 0.3 is 6.09 Å². The third kappa shape index (κ3) is 5.08. The van der Waals surface area contributed by atoms with E-state index in [0.717, 1.165) is 12.0 Å². The highest BCUT2D eigenvalue weighted by molar-refractivity contribution is 6.31. The van der Waals surface area contributed by atoms with Crippen LogP contribution in [0.5, 0.6) is 0 Å². The summed E-state index contributed by atoms with van der Waals surface area (Å²) < 4.78 is 18.5. The maximum atomic E-state index is 13.1. The lowest BCUT2D eigenvalue weighted by Gasteiger charge is -2.25. The molecule has 2 atom stereocenters. The Labute approximate surface area is 141 Å². The van der Waals surface area contributed by atoms with Gasteiger partial charge in [-0.2, -0.15) is 0 Å². The highest BCUT2D eigenvalue weighted by Gasteiger charge is 2.30. The molecule has 0 aliphatic carbocycles. The lowest BCUT2D eigenvalue weighted by Crippen LogP contribution is -2.39. The van der Waals surface area contributed by atoms with Crippen molar-refractivity contribution < 1.29 is 13.9 Å². The van der Waals surface area contributed by atoms with Crippen molar-refractivity contribution in [3.8, 4) is 0 Å². The Morgan fingerprint density at radius 1 is 1.48 bits per heavy atom. The third-order valence-corrected chi connectivity index (χ3v) is 4.08. The Morgan fingerprint density at radius 2 is 2.17 bits per heavy atom. The maximum absolute atomic E-state index is 13.1. The highest BCUT2D eigenvalue weighted by Crippen LogP contribution is 2.25. The van der Waals surface area contributed by atoms with Crippen LogP contribution in [0.15, 0.2) is 18.2 Å². The van der Waals surface area contributed by atoms with Crippen LogP contribution in [-0.4, -0.2) is 35.7 Å². The molecule has 1 saturated heterocycles. The number of likely N-dealkylation sites (tertiary alicyclic amines) is 1. The molecule has 1 aliphatic heterocycles. The summed E-state index contributed by atoms with van der Waals surface area (Å²) in [6.07, 6.45) is 0.567. The lowest BCUT2D eigenvalue weighted by atomic mass is 10.1. The zero-order valence-corrected chi connectivity index (χ0v) is 14.8. The topological polar surface area (TPSA) is 41.6 Å². The van der Waals surface area contributed by atoms with Gasteiger partial charge in [-0.25, -0.2) is 9.18 Å². The zero-order valence-electron chi connectivity index (χ0n) is 14.0. The van der Waals surface area contributed by atoms with Crippen molar-refractivity contribution in [1.82, 2.24) is 10.2 Å². The molecular formula is C17H24ClFN2O2. The van der Waals surface area contributed by atoms with E-state index in [1.54, 1.807) is 11.0 Å². The van der Waals surface area contributed by atoms with E-state index in [1.807, 2.05) is 27.7 Å². The summed E-state index contributed by atoms with van der Waals surface area (Å²) >= 11 is 6.10. The van der Waals surface area contributed by atoms with E-state index in [4.69, 9.17) is 16.3 Å². The minimum absolute atomic E-state index is 0.0216. The van der Waals surface area contributed by atoms with E-state index in [-0.39, 0.29) is 24.0 Å². The van der Waals surface area contributed by atoms with Crippen LogP contribution in [0.1, 0.15) is 45.7 Å². The number of nitrogens with one attached hydrogen (secondary N) is 1. The van der Waals surface area contributed by atoms with Crippen LogP contribution in [0.2, 0.25) is 5.02 Å². The predicted molar refractivity (Wildman–Crippen MR) is 89.2 cm³/mol. The van der Waals surface area contributed by atoms with Gasteiger partial charge in [0.15, 0.2) is 0 Å². The fraction of sp³-hybridized carbons (Fsp3) is 0.588. The molecule has 0 spiro atoms. The largest absolute Gasteiger partial charge is 0.444 e.